The molecule has 24 heavy (non-hydrogen) atoms. The molecule has 1 atom stereocenters. The number of aromatic amines is 2. The van der Waals surface area contributed by atoms with Gasteiger partial charge in [0.2, 0.25) is 0 Å². The van der Waals surface area contributed by atoms with Gasteiger partial charge in [-0.1, -0.05) is 18.2 Å². The number of β-amino-alcohol motifs (C(OH)–C–C–N with tert-alkyl or cyclic N) is 1. The first-order chi connectivity index (χ1) is 11.6. The zero-order valence-electron chi connectivity index (χ0n) is 13.9. The van der Waals surface area contributed by atoms with Crippen LogP contribution in [0.25, 0.3) is 0 Å². The SMILES string of the molecule is Cc1ccccc1OCC(O)CN1CCC(c2n[nH]c(=O)[nH]2)CC1. The number of piperidine rings is 1. The Morgan fingerprint density at radius 1 is 1.38 bits per heavy atom. The highest BCUT2D eigenvalue weighted by atomic mass is 16.5. The van der Waals surface area contributed by atoms with Gasteiger partial charge < -0.3 is 14.7 Å². The molecule has 1 aliphatic rings. The van der Waals surface area contributed by atoms with Crippen molar-refractivity contribution in [1.29, 1.82) is 0 Å². The zero-order chi connectivity index (χ0) is 16.9. The number of hydrogen-bond acceptors (Lipinski definition) is 5. The number of aliphatic hydroxyl groups is 1. The van der Waals surface area contributed by atoms with E-state index in [4.69, 9.17) is 4.74 Å². The average molecular weight is 332 g/mol. The Morgan fingerprint density at radius 2 is 2.12 bits per heavy atom. The number of benzene rings is 1. The molecule has 1 saturated heterocycles. The number of likely N-dealkylation sites (tertiary alicyclic amines) is 1. The van der Waals surface area contributed by atoms with E-state index in [1.807, 2.05) is 31.2 Å². The molecule has 1 aliphatic heterocycles. The van der Waals surface area contributed by atoms with Gasteiger partial charge >= 0.3 is 5.69 Å². The van der Waals surface area contributed by atoms with Gasteiger partial charge in [-0.05, 0) is 44.5 Å². The molecule has 1 aromatic heterocycles. The van der Waals surface area contributed by atoms with Crippen LogP contribution >= 0.6 is 0 Å². The van der Waals surface area contributed by atoms with E-state index in [1.165, 1.54) is 0 Å². The Kier molecular flexibility index (Phi) is 5.32. The van der Waals surface area contributed by atoms with Crippen LogP contribution in [0.2, 0.25) is 0 Å². The number of hydrogen-bond donors (Lipinski definition) is 3. The van der Waals surface area contributed by atoms with Crippen LogP contribution in [0.5, 0.6) is 5.75 Å². The third-order valence-corrected chi connectivity index (χ3v) is 4.49. The quantitative estimate of drug-likeness (QED) is 0.734. The zero-order valence-corrected chi connectivity index (χ0v) is 13.9. The number of H-pyrrole nitrogens is 2. The molecule has 7 nitrogen and oxygen atoms in total. The van der Waals surface area contributed by atoms with Gasteiger partial charge in [-0.2, -0.15) is 5.10 Å². The third-order valence-electron chi connectivity index (χ3n) is 4.49. The first-order valence-corrected chi connectivity index (χ1v) is 8.35. The lowest BCUT2D eigenvalue weighted by Gasteiger charge is -2.32. The lowest BCUT2D eigenvalue weighted by atomic mass is 9.96. The molecule has 2 heterocycles. The maximum absolute atomic E-state index is 11.1. The topological polar surface area (TPSA) is 94.2 Å². The number of nitrogens with zero attached hydrogens (tertiary/aromatic N) is 2. The number of aliphatic hydroxyl groups excluding tert-OH is 1. The molecule has 1 aromatic carbocycles. The minimum Gasteiger partial charge on any atom is -0.491 e. The van der Waals surface area contributed by atoms with E-state index in [1.54, 1.807) is 0 Å². The molecule has 0 radical (unpaired) electrons. The molecule has 1 unspecified atom stereocenters. The predicted octanol–water partition coefficient (Wildman–Crippen LogP) is 1.03. The number of aryl methyl sites for hydroxylation is 1. The van der Waals surface area contributed by atoms with Gasteiger partial charge in [-0.3, -0.25) is 4.98 Å². The van der Waals surface area contributed by atoms with Crippen LogP contribution in [0, 0.1) is 6.92 Å². The van der Waals surface area contributed by atoms with Crippen molar-refractivity contribution in [1.82, 2.24) is 20.1 Å². The van der Waals surface area contributed by atoms with Crippen molar-refractivity contribution < 1.29 is 9.84 Å². The van der Waals surface area contributed by atoms with E-state index in [-0.39, 0.29) is 18.2 Å². The van der Waals surface area contributed by atoms with Crippen LogP contribution in [0.3, 0.4) is 0 Å². The monoisotopic (exact) mass is 332 g/mol. The molecule has 0 amide bonds. The van der Waals surface area contributed by atoms with Crippen LogP contribution < -0.4 is 10.4 Å². The number of ether oxygens (including phenoxy) is 1. The predicted molar refractivity (Wildman–Crippen MR) is 90.3 cm³/mol. The highest BCUT2D eigenvalue weighted by molar-refractivity contribution is 5.31. The second-order valence-corrected chi connectivity index (χ2v) is 6.37. The molecule has 0 aliphatic carbocycles. The summed E-state index contributed by atoms with van der Waals surface area (Å²) < 4.78 is 5.70. The molecule has 3 N–H and O–H groups in total. The van der Waals surface area contributed by atoms with Gasteiger partial charge in [0.25, 0.3) is 0 Å². The van der Waals surface area contributed by atoms with Crippen molar-refractivity contribution in [3.63, 3.8) is 0 Å². The number of rotatable bonds is 6. The number of para-hydroxylation sites is 1. The Bertz CT molecular complexity index is 704. The van der Waals surface area contributed by atoms with Crippen LogP contribution in [0.4, 0.5) is 0 Å². The van der Waals surface area contributed by atoms with Crippen molar-refractivity contribution in [2.45, 2.75) is 31.8 Å². The van der Waals surface area contributed by atoms with Gasteiger partial charge in [0, 0.05) is 12.5 Å². The molecule has 3 rings (SSSR count). The molecular formula is C17H24N4O3. The van der Waals surface area contributed by atoms with Gasteiger partial charge in [0.05, 0.1) is 0 Å². The van der Waals surface area contributed by atoms with Gasteiger partial charge in [-0.25, -0.2) is 9.89 Å². The summed E-state index contributed by atoms with van der Waals surface area (Å²) in [5.41, 5.74) is 0.815. The standard InChI is InChI=1S/C17H24N4O3/c1-12-4-2-3-5-15(12)24-11-14(22)10-21-8-6-13(7-9-21)16-18-17(23)20-19-16/h2-5,13-14,22H,6-11H2,1H3,(H2,18,19,20,23). The van der Waals surface area contributed by atoms with Crippen LogP contribution in [-0.2, 0) is 0 Å². The maximum Gasteiger partial charge on any atom is 0.340 e. The van der Waals surface area contributed by atoms with Crippen molar-refractivity contribution in [2.24, 2.45) is 0 Å². The highest BCUT2D eigenvalue weighted by Gasteiger charge is 2.24. The molecule has 7 heteroatoms. The van der Waals surface area contributed by atoms with E-state index >= 15 is 0 Å². The van der Waals surface area contributed by atoms with E-state index in [9.17, 15) is 9.90 Å². The Labute approximate surface area is 140 Å². The normalized spacial score (nSPS) is 17.8. The summed E-state index contributed by atoms with van der Waals surface area (Å²) in [5.74, 6) is 1.83. The number of aromatic nitrogens is 3. The largest absolute Gasteiger partial charge is 0.491 e. The summed E-state index contributed by atoms with van der Waals surface area (Å²) in [5, 5.41) is 16.6. The molecule has 0 spiro atoms. The molecule has 0 bridgehead atoms. The summed E-state index contributed by atoms with van der Waals surface area (Å²) in [7, 11) is 0. The fourth-order valence-electron chi connectivity index (χ4n) is 3.12. The van der Waals surface area contributed by atoms with E-state index in [0.717, 1.165) is 43.1 Å². The highest BCUT2D eigenvalue weighted by Crippen LogP contribution is 2.24. The Hall–Kier alpha value is -2.12. The Balaban J connectivity index is 1.42. The van der Waals surface area contributed by atoms with Crippen LogP contribution in [0.15, 0.2) is 29.1 Å². The molecule has 2 aromatic rings. The Morgan fingerprint density at radius 3 is 2.79 bits per heavy atom. The fraction of sp³-hybridized carbons (Fsp3) is 0.529. The molecular weight excluding hydrogens is 308 g/mol. The third kappa shape index (κ3) is 4.24. The second-order valence-electron chi connectivity index (χ2n) is 6.37. The van der Waals surface area contributed by atoms with Crippen molar-refractivity contribution in [3.05, 3.63) is 46.1 Å². The maximum atomic E-state index is 11.1. The van der Waals surface area contributed by atoms with E-state index in [0.29, 0.717) is 6.54 Å². The van der Waals surface area contributed by atoms with Crippen LogP contribution in [-0.4, -0.2) is 57.5 Å². The van der Waals surface area contributed by atoms with Crippen LogP contribution in [0.1, 0.15) is 30.1 Å². The summed E-state index contributed by atoms with van der Waals surface area (Å²) in [4.78, 5) is 16.1. The molecule has 1 fully saturated rings. The number of nitrogens with one attached hydrogen (secondary N) is 2. The van der Waals surface area contributed by atoms with E-state index < -0.39 is 6.10 Å². The minimum atomic E-state index is -0.522. The average Bonchev–Trinajstić information content (AvgIpc) is 3.01. The lowest BCUT2D eigenvalue weighted by Crippen LogP contribution is -2.40. The summed E-state index contributed by atoms with van der Waals surface area (Å²) in [6.45, 7) is 4.63. The lowest BCUT2D eigenvalue weighted by molar-refractivity contribution is 0.0589. The second kappa shape index (κ2) is 7.63. The van der Waals surface area contributed by atoms with Gasteiger partial charge in [-0.15, -0.1) is 0 Å². The smallest absolute Gasteiger partial charge is 0.340 e. The van der Waals surface area contributed by atoms with Crippen molar-refractivity contribution in [3.8, 4) is 5.75 Å². The summed E-state index contributed by atoms with van der Waals surface area (Å²) in [6.07, 6.45) is 1.32. The van der Waals surface area contributed by atoms with Gasteiger partial charge in [0.1, 0.15) is 24.3 Å². The molecule has 0 saturated carbocycles. The van der Waals surface area contributed by atoms with Crippen molar-refractivity contribution >= 4 is 0 Å². The van der Waals surface area contributed by atoms with Gasteiger partial charge in [0.15, 0.2) is 0 Å². The molecule has 130 valence electrons. The summed E-state index contributed by atoms with van der Waals surface area (Å²) >= 11 is 0. The fourth-order valence-corrected chi connectivity index (χ4v) is 3.12. The first kappa shape index (κ1) is 16.7. The first-order valence-electron chi connectivity index (χ1n) is 8.35. The van der Waals surface area contributed by atoms with E-state index in [2.05, 4.69) is 20.1 Å². The minimum absolute atomic E-state index is 0.254. The summed E-state index contributed by atoms with van der Waals surface area (Å²) in [6, 6.07) is 7.80. The van der Waals surface area contributed by atoms with Crippen molar-refractivity contribution in [2.75, 3.05) is 26.2 Å².